The van der Waals surface area contributed by atoms with Gasteiger partial charge in [-0.1, -0.05) is 13.0 Å². The second kappa shape index (κ2) is 6.75. The van der Waals surface area contributed by atoms with Crippen LogP contribution < -0.4 is 4.74 Å². The molecule has 0 aliphatic heterocycles. The normalized spacial score (nSPS) is 14.2. The van der Waals surface area contributed by atoms with Crippen molar-refractivity contribution in [2.75, 3.05) is 0 Å². The van der Waals surface area contributed by atoms with Crippen LogP contribution in [0.4, 0.5) is 5.69 Å². The maximum Gasteiger partial charge on any atom is 0.310 e. The van der Waals surface area contributed by atoms with E-state index in [1.54, 1.807) is 12.1 Å². The van der Waals surface area contributed by atoms with Gasteiger partial charge in [0.25, 0.3) is 0 Å². The summed E-state index contributed by atoms with van der Waals surface area (Å²) >= 11 is 6.16. The van der Waals surface area contributed by atoms with Crippen LogP contribution in [-0.4, -0.2) is 16.4 Å². The first-order valence-electron chi connectivity index (χ1n) is 6.45. The molecule has 4 nitrogen and oxygen atoms in total. The van der Waals surface area contributed by atoms with Crippen molar-refractivity contribution in [3.63, 3.8) is 0 Å². The summed E-state index contributed by atoms with van der Waals surface area (Å²) in [6.45, 7) is 7.67. The summed E-state index contributed by atoms with van der Waals surface area (Å²) in [6, 6.07) is 5.00. The number of nitro groups is 1. The molecule has 0 spiro atoms. The van der Waals surface area contributed by atoms with Crippen LogP contribution in [0.1, 0.15) is 45.6 Å². The number of hydrogen-bond acceptors (Lipinski definition) is 3. The number of halogens is 1. The number of ether oxygens (including phenoxy) is 1. The minimum Gasteiger partial charge on any atom is -0.484 e. The van der Waals surface area contributed by atoms with E-state index in [9.17, 15) is 10.1 Å². The van der Waals surface area contributed by atoms with E-state index in [1.165, 1.54) is 6.07 Å². The van der Waals surface area contributed by atoms with Crippen molar-refractivity contribution in [2.24, 2.45) is 0 Å². The maximum absolute atomic E-state index is 11.0. The first-order chi connectivity index (χ1) is 8.86. The summed E-state index contributed by atoms with van der Waals surface area (Å²) in [5.74, 6) is 0.477. The van der Waals surface area contributed by atoms with Crippen LogP contribution in [0.3, 0.4) is 0 Å². The number of alkyl halides is 1. The Labute approximate surface area is 118 Å². The zero-order chi connectivity index (χ0) is 14.6. The van der Waals surface area contributed by atoms with Gasteiger partial charge in [0.1, 0.15) is 0 Å². The molecule has 2 atom stereocenters. The van der Waals surface area contributed by atoms with Crippen molar-refractivity contribution in [2.45, 2.75) is 51.5 Å². The van der Waals surface area contributed by atoms with Crippen LogP contribution in [0.5, 0.6) is 5.75 Å². The Morgan fingerprint density at radius 2 is 2.00 bits per heavy atom. The van der Waals surface area contributed by atoms with E-state index in [4.69, 9.17) is 16.3 Å². The first-order valence-corrected chi connectivity index (χ1v) is 6.89. The quantitative estimate of drug-likeness (QED) is 0.439. The highest BCUT2D eigenvalue weighted by Crippen LogP contribution is 2.34. The highest BCUT2D eigenvalue weighted by atomic mass is 35.5. The fourth-order valence-electron chi connectivity index (χ4n) is 2.09. The molecule has 0 fully saturated rings. The molecule has 0 aliphatic rings. The molecule has 5 heteroatoms. The molecule has 0 amide bonds. The predicted molar refractivity (Wildman–Crippen MR) is 77.2 cm³/mol. The van der Waals surface area contributed by atoms with E-state index in [0.717, 1.165) is 12.0 Å². The minimum atomic E-state index is -0.424. The SMILES string of the molecule is CCC(c1ccc([N+](=O)[O-])c(OC(C)C)c1)C(C)Cl. The predicted octanol–water partition coefficient (Wildman–Crippen LogP) is 4.50. The van der Waals surface area contributed by atoms with Gasteiger partial charge in [0.05, 0.1) is 11.0 Å². The van der Waals surface area contributed by atoms with Crippen molar-refractivity contribution in [3.8, 4) is 5.75 Å². The van der Waals surface area contributed by atoms with Crippen LogP contribution in [0, 0.1) is 10.1 Å². The zero-order valence-electron chi connectivity index (χ0n) is 11.7. The Balaban J connectivity index is 3.20. The Hall–Kier alpha value is -1.29. The lowest BCUT2D eigenvalue weighted by Gasteiger charge is -2.19. The summed E-state index contributed by atoms with van der Waals surface area (Å²) in [5.41, 5.74) is 0.973. The van der Waals surface area contributed by atoms with Crippen molar-refractivity contribution >= 4 is 17.3 Å². The molecule has 0 heterocycles. The van der Waals surface area contributed by atoms with Gasteiger partial charge in [-0.15, -0.1) is 11.6 Å². The molecule has 0 aromatic heterocycles. The molecular formula is C14H20ClNO3. The summed E-state index contributed by atoms with van der Waals surface area (Å²) in [7, 11) is 0. The van der Waals surface area contributed by atoms with Gasteiger partial charge in [0.2, 0.25) is 0 Å². The lowest BCUT2D eigenvalue weighted by molar-refractivity contribution is -0.386. The number of nitro benzene ring substituents is 1. The summed E-state index contributed by atoms with van der Waals surface area (Å²) < 4.78 is 5.54. The number of hydrogen-bond donors (Lipinski definition) is 0. The highest BCUT2D eigenvalue weighted by molar-refractivity contribution is 6.20. The van der Waals surface area contributed by atoms with E-state index in [2.05, 4.69) is 0 Å². The molecule has 19 heavy (non-hydrogen) atoms. The zero-order valence-corrected chi connectivity index (χ0v) is 12.5. The van der Waals surface area contributed by atoms with Gasteiger partial charge in [-0.05, 0) is 44.7 Å². The van der Waals surface area contributed by atoms with Crippen LogP contribution in [0.25, 0.3) is 0 Å². The first kappa shape index (κ1) is 15.8. The molecule has 1 aromatic carbocycles. The topological polar surface area (TPSA) is 52.4 Å². The van der Waals surface area contributed by atoms with Crippen molar-refractivity contribution < 1.29 is 9.66 Å². The van der Waals surface area contributed by atoms with Gasteiger partial charge < -0.3 is 4.74 Å². The maximum atomic E-state index is 11.0. The van der Waals surface area contributed by atoms with Gasteiger partial charge in [-0.3, -0.25) is 10.1 Å². The van der Waals surface area contributed by atoms with E-state index < -0.39 is 4.92 Å². The van der Waals surface area contributed by atoms with E-state index >= 15 is 0 Å². The Morgan fingerprint density at radius 3 is 2.42 bits per heavy atom. The lowest BCUT2D eigenvalue weighted by Crippen LogP contribution is -2.11. The van der Waals surface area contributed by atoms with Crippen molar-refractivity contribution in [3.05, 3.63) is 33.9 Å². The van der Waals surface area contributed by atoms with Gasteiger partial charge in [-0.2, -0.15) is 0 Å². The van der Waals surface area contributed by atoms with Gasteiger partial charge in [0, 0.05) is 11.4 Å². The molecule has 106 valence electrons. The molecule has 2 unspecified atom stereocenters. The van der Waals surface area contributed by atoms with Crippen LogP contribution in [-0.2, 0) is 0 Å². The summed E-state index contributed by atoms with van der Waals surface area (Å²) in [5, 5.41) is 11.0. The fourth-order valence-corrected chi connectivity index (χ4v) is 2.41. The van der Waals surface area contributed by atoms with Crippen molar-refractivity contribution in [1.82, 2.24) is 0 Å². The number of rotatable bonds is 6. The largest absolute Gasteiger partial charge is 0.484 e. The molecule has 0 saturated heterocycles. The van der Waals surface area contributed by atoms with E-state index in [-0.39, 0.29) is 23.1 Å². The number of nitrogens with zero attached hydrogens (tertiary/aromatic N) is 1. The third-order valence-corrected chi connectivity index (χ3v) is 3.27. The summed E-state index contributed by atoms with van der Waals surface area (Å²) in [4.78, 5) is 10.6. The highest BCUT2D eigenvalue weighted by Gasteiger charge is 2.21. The Morgan fingerprint density at radius 1 is 1.37 bits per heavy atom. The van der Waals surface area contributed by atoms with Crippen LogP contribution >= 0.6 is 11.6 Å². The average molecular weight is 286 g/mol. The van der Waals surface area contributed by atoms with E-state index in [1.807, 2.05) is 27.7 Å². The third kappa shape index (κ3) is 4.10. The smallest absolute Gasteiger partial charge is 0.310 e. The van der Waals surface area contributed by atoms with Gasteiger partial charge in [0.15, 0.2) is 5.75 Å². The Kier molecular flexibility index (Phi) is 5.60. The molecule has 0 saturated carbocycles. The van der Waals surface area contributed by atoms with Crippen LogP contribution in [0.15, 0.2) is 18.2 Å². The average Bonchev–Trinajstić information content (AvgIpc) is 2.28. The standard InChI is InChI=1S/C14H20ClNO3/c1-5-12(10(4)15)11-6-7-13(16(17)18)14(8-11)19-9(2)3/h6-10,12H,5H2,1-4H3. The molecule has 0 bridgehead atoms. The second-order valence-corrected chi connectivity index (χ2v) is 5.53. The lowest BCUT2D eigenvalue weighted by atomic mass is 9.93. The van der Waals surface area contributed by atoms with Crippen LogP contribution in [0.2, 0.25) is 0 Å². The molecule has 0 N–H and O–H groups in total. The third-order valence-electron chi connectivity index (χ3n) is 2.97. The monoisotopic (exact) mass is 285 g/mol. The van der Waals surface area contributed by atoms with Crippen molar-refractivity contribution in [1.29, 1.82) is 0 Å². The van der Waals surface area contributed by atoms with Gasteiger partial charge >= 0.3 is 5.69 Å². The van der Waals surface area contributed by atoms with Gasteiger partial charge in [-0.25, -0.2) is 0 Å². The molecule has 1 aromatic rings. The van der Waals surface area contributed by atoms with E-state index in [0.29, 0.717) is 5.75 Å². The minimum absolute atomic E-state index is 0.00507. The summed E-state index contributed by atoms with van der Waals surface area (Å²) in [6.07, 6.45) is 0.770. The second-order valence-electron chi connectivity index (χ2n) is 4.84. The molecule has 1 rings (SSSR count). The fraction of sp³-hybridized carbons (Fsp3) is 0.571. The molecule has 0 radical (unpaired) electrons. The molecular weight excluding hydrogens is 266 g/mol. The number of benzene rings is 1. The Bertz CT molecular complexity index is 446. The molecule has 0 aliphatic carbocycles.